The summed E-state index contributed by atoms with van der Waals surface area (Å²) in [5.41, 5.74) is 3.10. The number of hydrogen-bond acceptors (Lipinski definition) is 4. The van der Waals surface area contributed by atoms with Crippen molar-refractivity contribution in [2.75, 3.05) is 19.5 Å². The van der Waals surface area contributed by atoms with Gasteiger partial charge in [-0.15, -0.1) is 0 Å². The molecule has 0 radical (unpaired) electrons. The fourth-order valence-electron chi connectivity index (χ4n) is 2.27. The van der Waals surface area contributed by atoms with Gasteiger partial charge in [0.05, 0.1) is 24.9 Å². The zero-order valence-corrected chi connectivity index (χ0v) is 13.4. The average molecular weight is 307 g/mol. The second-order valence-electron chi connectivity index (χ2n) is 4.79. The van der Waals surface area contributed by atoms with Crippen molar-refractivity contribution < 1.29 is 9.47 Å². The lowest BCUT2D eigenvalue weighted by molar-refractivity contribution is 0.354. The predicted octanol–water partition coefficient (Wildman–Crippen LogP) is 4.23. The zero-order chi connectivity index (χ0) is 15.4. The number of aryl methyl sites for hydroxylation is 1. The second-order valence-corrected chi connectivity index (χ2v) is 5.19. The van der Waals surface area contributed by atoms with Gasteiger partial charge in [-0.05, 0) is 43.2 Å². The summed E-state index contributed by atoms with van der Waals surface area (Å²) in [6, 6.07) is 5.89. The third-order valence-electron chi connectivity index (χ3n) is 3.38. The molecule has 5 heteroatoms. The molecule has 0 saturated carbocycles. The average Bonchev–Trinajstić information content (AvgIpc) is 2.49. The van der Waals surface area contributed by atoms with E-state index in [1.807, 2.05) is 25.1 Å². The molecule has 1 aromatic heterocycles. The molecule has 1 N–H and O–H groups in total. The van der Waals surface area contributed by atoms with Crippen LogP contribution >= 0.6 is 11.6 Å². The minimum absolute atomic E-state index is 0.0738. The molecule has 4 nitrogen and oxygen atoms in total. The molecule has 0 fully saturated rings. The van der Waals surface area contributed by atoms with Gasteiger partial charge < -0.3 is 14.8 Å². The molecule has 0 aliphatic rings. The molecule has 0 bridgehead atoms. The van der Waals surface area contributed by atoms with Crippen LogP contribution in [-0.4, -0.2) is 19.2 Å². The van der Waals surface area contributed by atoms with Crippen molar-refractivity contribution in [2.45, 2.75) is 19.9 Å². The van der Waals surface area contributed by atoms with E-state index in [-0.39, 0.29) is 6.04 Å². The molecule has 21 heavy (non-hydrogen) atoms. The van der Waals surface area contributed by atoms with Crippen LogP contribution in [0.3, 0.4) is 0 Å². The van der Waals surface area contributed by atoms with Crippen molar-refractivity contribution in [1.29, 1.82) is 0 Å². The van der Waals surface area contributed by atoms with Crippen LogP contribution in [0.1, 0.15) is 24.1 Å². The van der Waals surface area contributed by atoms with Crippen molar-refractivity contribution >= 4 is 17.3 Å². The number of benzene rings is 1. The first-order valence-corrected chi connectivity index (χ1v) is 7.03. The fourth-order valence-corrected chi connectivity index (χ4v) is 2.44. The minimum atomic E-state index is 0.0738. The molecule has 1 atom stereocenters. The highest BCUT2D eigenvalue weighted by Gasteiger charge is 2.14. The fraction of sp³-hybridized carbons (Fsp3) is 0.312. The third kappa shape index (κ3) is 3.39. The molecule has 1 aromatic carbocycles. The molecule has 0 saturated heterocycles. The van der Waals surface area contributed by atoms with Crippen molar-refractivity contribution in [2.24, 2.45) is 0 Å². The highest BCUT2D eigenvalue weighted by atomic mass is 35.5. The number of anilines is 1. The molecule has 1 heterocycles. The van der Waals surface area contributed by atoms with Crippen molar-refractivity contribution in [3.05, 3.63) is 46.7 Å². The van der Waals surface area contributed by atoms with E-state index in [0.717, 1.165) is 22.6 Å². The summed E-state index contributed by atoms with van der Waals surface area (Å²) >= 11 is 6.13. The Hall–Kier alpha value is -1.94. The summed E-state index contributed by atoms with van der Waals surface area (Å²) in [5, 5.41) is 3.99. The number of nitrogens with zero attached hydrogens (tertiary/aromatic N) is 1. The quantitative estimate of drug-likeness (QED) is 0.897. The third-order valence-corrected chi connectivity index (χ3v) is 3.68. The number of rotatable bonds is 5. The van der Waals surface area contributed by atoms with E-state index in [1.165, 1.54) is 0 Å². The van der Waals surface area contributed by atoms with Crippen LogP contribution < -0.4 is 14.8 Å². The summed E-state index contributed by atoms with van der Waals surface area (Å²) in [5.74, 6) is 1.44. The highest BCUT2D eigenvalue weighted by Crippen LogP contribution is 2.34. The first kappa shape index (κ1) is 15.4. The Morgan fingerprint density at radius 3 is 2.48 bits per heavy atom. The van der Waals surface area contributed by atoms with Crippen LogP contribution in [0.4, 0.5) is 5.69 Å². The Balaban J connectivity index is 2.31. The van der Waals surface area contributed by atoms with Crippen LogP contribution in [0.5, 0.6) is 11.5 Å². The van der Waals surface area contributed by atoms with Crippen LogP contribution in [0.15, 0.2) is 30.6 Å². The maximum absolute atomic E-state index is 6.13. The van der Waals surface area contributed by atoms with Crippen molar-refractivity contribution in [3.63, 3.8) is 0 Å². The van der Waals surface area contributed by atoms with E-state index in [2.05, 4.69) is 17.2 Å². The SMILES string of the molecule is COc1cc(C)c([C@H](C)Nc2ccncc2Cl)cc1OC. The van der Waals surface area contributed by atoms with Gasteiger partial charge in [0.25, 0.3) is 0 Å². The first-order valence-electron chi connectivity index (χ1n) is 6.65. The lowest BCUT2D eigenvalue weighted by Gasteiger charge is -2.20. The monoisotopic (exact) mass is 306 g/mol. The summed E-state index contributed by atoms with van der Waals surface area (Å²) in [6.07, 6.45) is 3.33. The number of nitrogens with one attached hydrogen (secondary N) is 1. The highest BCUT2D eigenvalue weighted by molar-refractivity contribution is 6.33. The van der Waals surface area contributed by atoms with Gasteiger partial charge in [-0.1, -0.05) is 11.6 Å². The number of ether oxygens (including phenoxy) is 2. The van der Waals surface area contributed by atoms with E-state index in [9.17, 15) is 0 Å². The molecular formula is C16H19ClN2O2. The van der Waals surface area contributed by atoms with Gasteiger partial charge in [-0.3, -0.25) is 4.98 Å². The van der Waals surface area contributed by atoms with E-state index in [4.69, 9.17) is 21.1 Å². The first-order chi connectivity index (χ1) is 10.1. The maximum atomic E-state index is 6.13. The van der Waals surface area contributed by atoms with Gasteiger partial charge in [0, 0.05) is 18.4 Å². The molecule has 2 rings (SSSR count). The van der Waals surface area contributed by atoms with E-state index in [1.54, 1.807) is 26.6 Å². The molecule has 112 valence electrons. The van der Waals surface area contributed by atoms with Crippen molar-refractivity contribution in [1.82, 2.24) is 4.98 Å². The largest absolute Gasteiger partial charge is 0.493 e. The molecular weight excluding hydrogens is 288 g/mol. The Kier molecular flexibility index (Phi) is 4.91. The maximum Gasteiger partial charge on any atom is 0.161 e. The Labute approximate surface area is 130 Å². The molecule has 0 aliphatic carbocycles. The Morgan fingerprint density at radius 1 is 1.19 bits per heavy atom. The smallest absolute Gasteiger partial charge is 0.161 e. The molecule has 2 aromatic rings. The number of methoxy groups -OCH3 is 2. The normalized spacial score (nSPS) is 11.9. The number of aromatic nitrogens is 1. The summed E-state index contributed by atoms with van der Waals surface area (Å²) < 4.78 is 10.7. The topological polar surface area (TPSA) is 43.4 Å². The second kappa shape index (κ2) is 6.68. The van der Waals surface area contributed by atoms with Crippen LogP contribution in [-0.2, 0) is 0 Å². The van der Waals surface area contributed by atoms with Gasteiger partial charge in [0.15, 0.2) is 11.5 Å². The van der Waals surface area contributed by atoms with Gasteiger partial charge in [0.1, 0.15) is 0 Å². The molecule has 0 amide bonds. The van der Waals surface area contributed by atoms with Crippen LogP contribution in [0, 0.1) is 6.92 Å². The predicted molar refractivity (Wildman–Crippen MR) is 85.6 cm³/mol. The number of halogens is 1. The Morgan fingerprint density at radius 2 is 1.86 bits per heavy atom. The number of hydrogen-bond donors (Lipinski definition) is 1. The number of pyridine rings is 1. The van der Waals surface area contributed by atoms with E-state index in [0.29, 0.717) is 10.8 Å². The minimum Gasteiger partial charge on any atom is -0.493 e. The van der Waals surface area contributed by atoms with Crippen molar-refractivity contribution in [3.8, 4) is 11.5 Å². The lowest BCUT2D eigenvalue weighted by Crippen LogP contribution is -2.09. The Bertz CT molecular complexity index is 632. The molecule has 0 spiro atoms. The van der Waals surface area contributed by atoms with Gasteiger partial charge in [-0.25, -0.2) is 0 Å². The summed E-state index contributed by atoms with van der Waals surface area (Å²) in [4.78, 5) is 3.98. The van der Waals surface area contributed by atoms with Crippen LogP contribution in [0.2, 0.25) is 5.02 Å². The van der Waals surface area contributed by atoms with Crippen LogP contribution in [0.25, 0.3) is 0 Å². The summed E-state index contributed by atoms with van der Waals surface area (Å²) in [7, 11) is 3.27. The van der Waals surface area contributed by atoms with E-state index >= 15 is 0 Å². The lowest BCUT2D eigenvalue weighted by atomic mass is 10.0. The van der Waals surface area contributed by atoms with Gasteiger partial charge in [-0.2, -0.15) is 0 Å². The van der Waals surface area contributed by atoms with Gasteiger partial charge >= 0.3 is 0 Å². The summed E-state index contributed by atoms with van der Waals surface area (Å²) in [6.45, 7) is 4.12. The van der Waals surface area contributed by atoms with Gasteiger partial charge in [0.2, 0.25) is 0 Å². The van der Waals surface area contributed by atoms with E-state index < -0.39 is 0 Å². The zero-order valence-electron chi connectivity index (χ0n) is 12.6. The standard InChI is InChI=1S/C16H19ClN2O2/c1-10-7-15(20-3)16(21-4)8-12(10)11(2)19-14-5-6-18-9-13(14)17/h5-9,11H,1-4H3,(H,18,19)/t11-/m0/s1. The molecule has 0 unspecified atom stereocenters. The molecule has 0 aliphatic heterocycles.